The molecule has 0 bridgehead atoms. The first-order chi connectivity index (χ1) is 7.60. The van der Waals surface area contributed by atoms with Crippen molar-refractivity contribution in [1.29, 1.82) is 0 Å². The quantitative estimate of drug-likeness (QED) is 0.363. The molecule has 0 spiro atoms. The van der Waals surface area contributed by atoms with Crippen LogP contribution in [0.2, 0.25) is 0 Å². The van der Waals surface area contributed by atoms with Crippen LogP contribution < -0.4 is 0 Å². The molecule has 0 saturated heterocycles. The normalized spacial score (nSPS) is 10.1. The lowest BCUT2D eigenvalue weighted by atomic mass is 10.0. The van der Waals surface area contributed by atoms with Gasteiger partial charge in [-0.3, -0.25) is 14.9 Å². The second-order valence-electron chi connectivity index (χ2n) is 3.10. The van der Waals surface area contributed by atoms with E-state index in [1.807, 2.05) is 0 Å². The number of hydrogen-bond acceptors (Lipinski definition) is 3. The summed E-state index contributed by atoms with van der Waals surface area (Å²) in [6, 6.07) is 4.56. The highest BCUT2D eigenvalue weighted by Gasteiger charge is 2.19. The number of halogens is 2. The molecule has 0 unspecified atom stereocenters. The van der Waals surface area contributed by atoms with E-state index in [1.54, 1.807) is 6.07 Å². The lowest BCUT2D eigenvalue weighted by Crippen LogP contribution is -2.05. The lowest BCUT2D eigenvalue weighted by Gasteiger charge is -2.02. The van der Waals surface area contributed by atoms with Crippen LogP contribution in [0.25, 0.3) is 0 Å². The van der Waals surface area contributed by atoms with Gasteiger partial charge in [-0.25, -0.2) is 0 Å². The van der Waals surface area contributed by atoms with Gasteiger partial charge in [0, 0.05) is 23.7 Å². The maximum atomic E-state index is 11.6. The third kappa shape index (κ3) is 3.02. The molecule has 0 aliphatic rings. The molecule has 16 heavy (non-hydrogen) atoms. The molecule has 86 valence electrons. The van der Waals surface area contributed by atoms with Crippen LogP contribution in [-0.4, -0.2) is 16.6 Å². The highest BCUT2D eigenvalue weighted by molar-refractivity contribution is 9.08. The van der Waals surface area contributed by atoms with Gasteiger partial charge < -0.3 is 0 Å². The van der Waals surface area contributed by atoms with Gasteiger partial charge in [0.2, 0.25) is 0 Å². The van der Waals surface area contributed by atoms with E-state index in [9.17, 15) is 14.9 Å². The molecule has 0 aliphatic heterocycles. The highest BCUT2D eigenvalue weighted by atomic mass is 79.9. The number of rotatable bonds is 5. The van der Waals surface area contributed by atoms with Gasteiger partial charge in [-0.2, -0.15) is 0 Å². The van der Waals surface area contributed by atoms with Crippen molar-refractivity contribution in [3.05, 3.63) is 39.4 Å². The monoisotopic (exact) mass is 305 g/mol. The van der Waals surface area contributed by atoms with Gasteiger partial charge >= 0.3 is 0 Å². The predicted octanol–water partition coefficient (Wildman–Crippen LogP) is 3.30. The van der Waals surface area contributed by atoms with Crippen molar-refractivity contribution in [2.24, 2.45) is 0 Å². The Hall–Kier alpha value is -0.940. The average molecular weight is 307 g/mol. The van der Waals surface area contributed by atoms with Crippen LogP contribution in [0.15, 0.2) is 18.2 Å². The Morgan fingerprint density at radius 3 is 2.69 bits per heavy atom. The minimum Gasteiger partial charge on any atom is -0.294 e. The van der Waals surface area contributed by atoms with Crippen LogP contribution in [0, 0.1) is 10.1 Å². The molecule has 4 nitrogen and oxygen atoms in total. The van der Waals surface area contributed by atoms with Crippen LogP contribution in [0.5, 0.6) is 0 Å². The Morgan fingerprint density at radius 1 is 1.50 bits per heavy atom. The zero-order valence-electron chi connectivity index (χ0n) is 8.28. The largest absolute Gasteiger partial charge is 0.294 e. The Morgan fingerprint density at radius 2 is 2.19 bits per heavy atom. The summed E-state index contributed by atoms with van der Waals surface area (Å²) in [5, 5.41) is 11.3. The molecular weight excluding hydrogens is 297 g/mol. The number of alkyl halides is 2. The topological polar surface area (TPSA) is 60.2 Å². The Balaban J connectivity index is 3.17. The maximum Gasteiger partial charge on any atom is 0.280 e. The Bertz CT molecular complexity index is 423. The molecule has 0 aromatic heterocycles. The molecule has 0 amide bonds. The van der Waals surface area contributed by atoms with E-state index in [2.05, 4.69) is 15.9 Å². The summed E-state index contributed by atoms with van der Waals surface area (Å²) < 4.78 is 0. The van der Waals surface area contributed by atoms with Crippen molar-refractivity contribution in [2.75, 3.05) is 5.88 Å². The molecule has 6 heteroatoms. The Labute approximate surface area is 106 Å². The number of carbonyl (C=O) groups excluding carboxylic acids is 1. The highest BCUT2D eigenvalue weighted by Crippen LogP contribution is 2.23. The molecule has 0 heterocycles. The standard InChI is InChI=1S/C10H9BrClNO3/c11-6-7-1-2-8(10(14)3-4-12)9(5-7)13(15)16/h1-2,5H,3-4,6H2. The maximum absolute atomic E-state index is 11.6. The van der Waals surface area contributed by atoms with Gasteiger partial charge in [0.15, 0.2) is 5.78 Å². The number of Topliss-reactive ketones (excluding diaryl/α,β-unsaturated/α-hetero) is 1. The van der Waals surface area contributed by atoms with E-state index < -0.39 is 4.92 Å². The predicted molar refractivity (Wildman–Crippen MR) is 65.4 cm³/mol. The molecule has 1 rings (SSSR count). The van der Waals surface area contributed by atoms with Crippen LogP contribution >= 0.6 is 27.5 Å². The van der Waals surface area contributed by atoms with Crippen LogP contribution in [0.4, 0.5) is 5.69 Å². The summed E-state index contributed by atoms with van der Waals surface area (Å²) >= 11 is 8.64. The molecular formula is C10H9BrClNO3. The third-order valence-corrected chi connectivity index (χ3v) is 2.87. The zero-order chi connectivity index (χ0) is 12.1. The number of benzene rings is 1. The SMILES string of the molecule is O=C(CCCl)c1ccc(CBr)cc1[N+](=O)[O-]. The first kappa shape index (κ1) is 13.1. The number of ketones is 1. The Kier molecular flexibility index (Phi) is 4.89. The second kappa shape index (κ2) is 5.96. The zero-order valence-corrected chi connectivity index (χ0v) is 10.6. The van der Waals surface area contributed by atoms with E-state index in [4.69, 9.17) is 11.6 Å². The van der Waals surface area contributed by atoms with Crippen molar-refractivity contribution >= 4 is 39.0 Å². The van der Waals surface area contributed by atoms with Gasteiger partial charge in [0.05, 0.1) is 10.5 Å². The van der Waals surface area contributed by atoms with Crippen LogP contribution in [0.3, 0.4) is 0 Å². The minimum atomic E-state index is -0.548. The molecule has 1 aromatic rings. The first-order valence-electron chi connectivity index (χ1n) is 4.52. The molecule has 0 fully saturated rings. The third-order valence-electron chi connectivity index (χ3n) is 2.04. The molecule has 0 N–H and O–H groups in total. The van der Waals surface area contributed by atoms with Crippen molar-refractivity contribution in [3.63, 3.8) is 0 Å². The van der Waals surface area contributed by atoms with E-state index in [0.29, 0.717) is 5.33 Å². The number of carbonyl (C=O) groups is 1. The fourth-order valence-electron chi connectivity index (χ4n) is 1.27. The van der Waals surface area contributed by atoms with Crippen LogP contribution in [0.1, 0.15) is 22.3 Å². The summed E-state index contributed by atoms with van der Waals surface area (Å²) in [5.74, 6) is -0.140. The summed E-state index contributed by atoms with van der Waals surface area (Å²) in [4.78, 5) is 21.8. The lowest BCUT2D eigenvalue weighted by molar-refractivity contribution is -0.385. The fourth-order valence-corrected chi connectivity index (χ4v) is 1.79. The van der Waals surface area contributed by atoms with Crippen LogP contribution in [-0.2, 0) is 5.33 Å². The molecule has 0 aliphatic carbocycles. The number of nitro benzene ring substituents is 1. The summed E-state index contributed by atoms with van der Waals surface area (Å²) in [7, 11) is 0. The van der Waals surface area contributed by atoms with Gasteiger partial charge in [0.1, 0.15) is 0 Å². The van der Waals surface area contributed by atoms with Gasteiger partial charge in [-0.1, -0.05) is 22.0 Å². The molecule has 0 atom stereocenters. The van der Waals surface area contributed by atoms with Gasteiger partial charge in [-0.05, 0) is 11.6 Å². The van der Waals surface area contributed by atoms with E-state index in [1.165, 1.54) is 12.1 Å². The summed E-state index contributed by atoms with van der Waals surface area (Å²) in [5.41, 5.74) is 0.719. The second-order valence-corrected chi connectivity index (χ2v) is 4.04. The smallest absolute Gasteiger partial charge is 0.280 e. The summed E-state index contributed by atoms with van der Waals surface area (Å²) in [6.07, 6.45) is 0.107. The van der Waals surface area contributed by atoms with E-state index in [-0.39, 0.29) is 29.3 Å². The first-order valence-corrected chi connectivity index (χ1v) is 6.18. The van der Waals surface area contributed by atoms with Crippen molar-refractivity contribution in [1.82, 2.24) is 0 Å². The summed E-state index contributed by atoms with van der Waals surface area (Å²) in [6.45, 7) is 0. The fraction of sp³-hybridized carbons (Fsp3) is 0.300. The number of nitro groups is 1. The van der Waals surface area contributed by atoms with E-state index in [0.717, 1.165) is 5.56 Å². The molecule has 0 radical (unpaired) electrons. The van der Waals surface area contributed by atoms with Crippen molar-refractivity contribution < 1.29 is 9.72 Å². The van der Waals surface area contributed by atoms with Crippen molar-refractivity contribution in [3.8, 4) is 0 Å². The number of nitrogens with zero attached hydrogens (tertiary/aromatic N) is 1. The average Bonchev–Trinajstić information content (AvgIpc) is 2.28. The van der Waals surface area contributed by atoms with Crippen molar-refractivity contribution in [2.45, 2.75) is 11.8 Å². The minimum absolute atomic E-state index is 0.107. The molecule has 1 aromatic carbocycles. The van der Waals surface area contributed by atoms with Gasteiger partial charge in [0.25, 0.3) is 5.69 Å². The van der Waals surface area contributed by atoms with Gasteiger partial charge in [-0.15, -0.1) is 11.6 Å². The number of hydrogen-bond donors (Lipinski definition) is 0. The molecule has 0 saturated carbocycles. The van der Waals surface area contributed by atoms with E-state index >= 15 is 0 Å².